The Kier molecular flexibility index (Phi) is 3.82. The quantitative estimate of drug-likeness (QED) is 0.842. The first-order valence-corrected chi connectivity index (χ1v) is 8.35. The first-order valence-electron chi connectivity index (χ1n) is 7.53. The van der Waals surface area contributed by atoms with Crippen molar-refractivity contribution in [2.24, 2.45) is 0 Å². The van der Waals surface area contributed by atoms with Crippen LogP contribution in [0.15, 0.2) is 0 Å². The molecule has 1 aromatic rings. The van der Waals surface area contributed by atoms with Gasteiger partial charge in [-0.3, -0.25) is 4.79 Å². The fourth-order valence-corrected chi connectivity index (χ4v) is 4.34. The van der Waals surface area contributed by atoms with Crippen LogP contribution in [0.5, 0.6) is 0 Å². The fourth-order valence-electron chi connectivity index (χ4n) is 3.36. The Balaban J connectivity index is 1.79. The van der Waals surface area contributed by atoms with E-state index in [-0.39, 0.29) is 11.5 Å². The van der Waals surface area contributed by atoms with Crippen LogP contribution < -0.4 is 0 Å². The van der Waals surface area contributed by atoms with Crippen LogP contribution in [0.25, 0.3) is 0 Å². The maximum atomic E-state index is 12.8. The third-order valence-corrected chi connectivity index (χ3v) is 5.38. The zero-order chi connectivity index (χ0) is 14.2. The number of amides is 1. The molecule has 1 spiro atoms. The number of rotatable bonds is 2. The van der Waals surface area contributed by atoms with Gasteiger partial charge in [0.15, 0.2) is 0 Å². The first-order chi connectivity index (χ1) is 9.63. The molecule has 2 fully saturated rings. The molecule has 4 nitrogen and oxygen atoms in total. The molecule has 1 aliphatic carbocycles. The zero-order valence-electron chi connectivity index (χ0n) is 12.3. The Bertz CT molecular complexity index is 506. The summed E-state index contributed by atoms with van der Waals surface area (Å²) in [5.41, 5.74) is 0.893. The van der Waals surface area contributed by atoms with Gasteiger partial charge in [-0.05, 0) is 26.2 Å². The normalized spacial score (nSPS) is 21.6. The van der Waals surface area contributed by atoms with Crippen molar-refractivity contribution >= 4 is 17.2 Å². The molecule has 0 radical (unpaired) electrons. The van der Waals surface area contributed by atoms with E-state index in [1.807, 2.05) is 11.8 Å². The van der Waals surface area contributed by atoms with Crippen molar-refractivity contribution in [2.45, 2.75) is 51.6 Å². The maximum absolute atomic E-state index is 12.8. The Morgan fingerprint density at radius 3 is 2.90 bits per heavy atom. The van der Waals surface area contributed by atoms with Gasteiger partial charge < -0.3 is 9.64 Å². The summed E-state index contributed by atoms with van der Waals surface area (Å²) in [5.74, 6) is 0.155. The molecule has 1 aromatic heterocycles. The van der Waals surface area contributed by atoms with Crippen LogP contribution in [0.4, 0.5) is 0 Å². The monoisotopic (exact) mass is 294 g/mol. The van der Waals surface area contributed by atoms with Gasteiger partial charge in [0.1, 0.15) is 4.88 Å². The molecule has 3 rings (SSSR count). The third-order valence-electron chi connectivity index (χ3n) is 4.38. The van der Waals surface area contributed by atoms with Crippen LogP contribution in [0.3, 0.4) is 0 Å². The average Bonchev–Trinajstić information content (AvgIpc) is 3.05. The van der Waals surface area contributed by atoms with Crippen molar-refractivity contribution in [1.29, 1.82) is 0 Å². The van der Waals surface area contributed by atoms with Gasteiger partial charge in [0.25, 0.3) is 5.91 Å². The summed E-state index contributed by atoms with van der Waals surface area (Å²) < 4.78 is 6.00. The second-order valence-corrected chi connectivity index (χ2v) is 7.03. The van der Waals surface area contributed by atoms with E-state index >= 15 is 0 Å². The number of nitrogens with zero attached hydrogens (tertiary/aromatic N) is 2. The lowest BCUT2D eigenvalue weighted by atomic mass is 9.99. The van der Waals surface area contributed by atoms with E-state index in [2.05, 4.69) is 11.9 Å². The number of ether oxygens (including phenoxy) is 1. The minimum atomic E-state index is -0.0555. The van der Waals surface area contributed by atoms with Crippen molar-refractivity contribution in [3.63, 3.8) is 0 Å². The van der Waals surface area contributed by atoms with Crippen molar-refractivity contribution in [2.75, 3.05) is 19.7 Å². The maximum Gasteiger partial charge on any atom is 0.266 e. The predicted molar refractivity (Wildman–Crippen MR) is 79.3 cm³/mol. The molecule has 0 aromatic carbocycles. The van der Waals surface area contributed by atoms with Gasteiger partial charge in [-0.2, -0.15) is 0 Å². The number of carbonyl (C=O) groups excluding carboxylic acids is 1. The Labute approximate surface area is 124 Å². The Hall–Kier alpha value is -0.940. The van der Waals surface area contributed by atoms with Crippen LogP contribution in [0.2, 0.25) is 0 Å². The largest absolute Gasteiger partial charge is 0.371 e. The van der Waals surface area contributed by atoms with E-state index in [1.165, 1.54) is 24.2 Å². The molecular formula is C15H22N2O2S. The van der Waals surface area contributed by atoms with E-state index in [0.29, 0.717) is 13.2 Å². The molecule has 5 heteroatoms. The molecule has 20 heavy (non-hydrogen) atoms. The molecule has 1 amide bonds. The molecule has 1 saturated heterocycles. The molecule has 110 valence electrons. The molecule has 0 bridgehead atoms. The molecule has 0 unspecified atom stereocenters. The van der Waals surface area contributed by atoms with Crippen LogP contribution in [0.1, 0.15) is 53.0 Å². The summed E-state index contributed by atoms with van der Waals surface area (Å²) >= 11 is 1.53. The van der Waals surface area contributed by atoms with Gasteiger partial charge in [-0.1, -0.05) is 19.8 Å². The first kappa shape index (κ1) is 14.0. The summed E-state index contributed by atoms with van der Waals surface area (Å²) in [6.07, 6.45) is 5.46. The number of aromatic nitrogens is 1. The Morgan fingerprint density at radius 2 is 2.20 bits per heavy atom. The van der Waals surface area contributed by atoms with E-state index in [4.69, 9.17) is 4.74 Å². The molecule has 2 aliphatic rings. The van der Waals surface area contributed by atoms with E-state index in [1.54, 1.807) is 0 Å². The van der Waals surface area contributed by atoms with Gasteiger partial charge in [-0.15, -0.1) is 11.3 Å². The van der Waals surface area contributed by atoms with Gasteiger partial charge in [0.2, 0.25) is 0 Å². The summed E-state index contributed by atoms with van der Waals surface area (Å²) in [4.78, 5) is 20.1. The molecule has 1 saturated carbocycles. The lowest BCUT2D eigenvalue weighted by molar-refractivity contribution is -0.0947. The van der Waals surface area contributed by atoms with E-state index < -0.39 is 0 Å². The van der Waals surface area contributed by atoms with Crippen molar-refractivity contribution < 1.29 is 9.53 Å². The van der Waals surface area contributed by atoms with Crippen LogP contribution in [-0.4, -0.2) is 41.1 Å². The molecule has 2 heterocycles. The predicted octanol–water partition coefficient (Wildman–Crippen LogP) is 2.80. The lowest BCUT2D eigenvalue weighted by Gasteiger charge is -2.40. The van der Waals surface area contributed by atoms with Crippen molar-refractivity contribution in [3.8, 4) is 0 Å². The van der Waals surface area contributed by atoms with Crippen LogP contribution in [-0.2, 0) is 11.2 Å². The number of thiazole rings is 1. The van der Waals surface area contributed by atoms with Gasteiger partial charge >= 0.3 is 0 Å². The van der Waals surface area contributed by atoms with Crippen molar-refractivity contribution in [3.05, 3.63) is 15.6 Å². The summed E-state index contributed by atoms with van der Waals surface area (Å²) in [7, 11) is 0. The molecule has 0 N–H and O–H groups in total. The summed E-state index contributed by atoms with van der Waals surface area (Å²) in [6, 6.07) is 0. The smallest absolute Gasteiger partial charge is 0.266 e. The summed E-state index contributed by atoms with van der Waals surface area (Å²) in [6.45, 7) is 6.17. The van der Waals surface area contributed by atoms with Gasteiger partial charge in [-0.25, -0.2) is 4.98 Å². The van der Waals surface area contributed by atoms with Crippen LogP contribution in [0, 0.1) is 6.92 Å². The fraction of sp³-hybridized carbons (Fsp3) is 0.733. The van der Waals surface area contributed by atoms with Gasteiger partial charge in [0.05, 0.1) is 29.5 Å². The second kappa shape index (κ2) is 5.45. The highest BCUT2D eigenvalue weighted by atomic mass is 32.1. The number of hydrogen-bond acceptors (Lipinski definition) is 4. The SMILES string of the molecule is CCc1nc(C)sc1C(=O)N1CCOC2(CCCC2)C1. The zero-order valence-corrected chi connectivity index (χ0v) is 13.1. The van der Waals surface area contributed by atoms with E-state index in [0.717, 1.165) is 41.4 Å². The second-order valence-electron chi connectivity index (χ2n) is 5.83. The standard InChI is InChI=1S/C15H22N2O2S/c1-3-12-13(20-11(2)16-12)14(18)17-8-9-19-15(10-17)6-4-5-7-15/h3-10H2,1-2H3. The van der Waals surface area contributed by atoms with Crippen molar-refractivity contribution in [1.82, 2.24) is 9.88 Å². The highest BCUT2D eigenvalue weighted by molar-refractivity contribution is 7.13. The minimum absolute atomic E-state index is 0.0555. The van der Waals surface area contributed by atoms with Gasteiger partial charge in [0, 0.05) is 6.54 Å². The Morgan fingerprint density at radius 1 is 1.45 bits per heavy atom. The number of aryl methyl sites for hydroxylation is 2. The van der Waals surface area contributed by atoms with E-state index in [9.17, 15) is 4.79 Å². The number of carbonyl (C=O) groups is 1. The topological polar surface area (TPSA) is 42.4 Å². The molecule has 0 atom stereocenters. The molecule has 1 aliphatic heterocycles. The average molecular weight is 294 g/mol. The highest BCUT2D eigenvalue weighted by Gasteiger charge is 2.41. The highest BCUT2D eigenvalue weighted by Crippen LogP contribution is 2.36. The summed E-state index contributed by atoms with van der Waals surface area (Å²) in [5, 5.41) is 0.981. The molecular weight excluding hydrogens is 272 g/mol. The minimum Gasteiger partial charge on any atom is -0.371 e. The number of morpholine rings is 1. The number of hydrogen-bond donors (Lipinski definition) is 0. The third kappa shape index (κ3) is 2.49. The lowest BCUT2D eigenvalue weighted by Crippen LogP contribution is -2.52. The van der Waals surface area contributed by atoms with Crippen LogP contribution >= 0.6 is 11.3 Å².